The number of nitrogens with one attached hydrogen (secondary N) is 1. The normalized spacial score (nSPS) is 20.4. The second-order valence-electron chi connectivity index (χ2n) is 7.76. The van der Waals surface area contributed by atoms with E-state index in [2.05, 4.69) is 49.4 Å². The van der Waals surface area contributed by atoms with Gasteiger partial charge in [-0.25, -0.2) is 9.97 Å². The fraction of sp³-hybridized carbons (Fsp3) is 0.500. The van der Waals surface area contributed by atoms with Crippen LogP contribution >= 0.6 is 0 Å². The predicted octanol–water partition coefficient (Wildman–Crippen LogP) is 1.84. The van der Waals surface area contributed by atoms with Gasteiger partial charge in [0, 0.05) is 51.7 Å². The molecule has 1 aromatic carbocycles. The number of anilines is 1. The van der Waals surface area contributed by atoms with Crippen LogP contribution in [0.5, 0.6) is 0 Å². The first-order chi connectivity index (χ1) is 14.3. The van der Waals surface area contributed by atoms with Crippen LogP contribution in [0.2, 0.25) is 0 Å². The van der Waals surface area contributed by atoms with E-state index in [4.69, 9.17) is 4.74 Å². The number of nitrogens with zero attached hydrogens (tertiary/aromatic N) is 4. The van der Waals surface area contributed by atoms with Crippen LogP contribution in [0.15, 0.2) is 42.7 Å². The number of hydrogen-bond donors (Lipinski definition) is 1. The molecule has 0 radical (unpaired) electrons. The monoisotopic (exact) mass is 395 g/mol. The zero-order valence-corrected chi connectivity index (χ0v) is 16.8. The predicted molar refractivity (Wildman–Crippen MR) is 111 cm³/mol. The number of piperidine rings is 1. The third-order valence-electron chi connectivity index (χ3n) is 5.60. The second-order valence-corrected chi connectivity index (χ2v) is 7.76. The first-order valence-corrected chi connectivity index (χ1v) is 10.5. The third-order valence-corrected chi connectivity index (χ3v) is 5.60. The van der Waals surface area contributed by atoms with Crippen LogP contribution in [0.1, 0.15) is 24.0 Å². The van der Waals surface area contributed by atoms with Crippen LogP contribution in [0.4, 0.5) is 5.95 Å². The minimum absolute atomic E-state index is 0.0240. The maximum Gasteiger partial charge on any atom is 0.225 e. The van der Waals surface area contributed by atoms with Crippen molar-refractivity contribution in [3.05, 3.63) is 53.9 Å². The third kappa shape index (κ3) is 5.52. The summed E-state index contributed by atoms with van der Waals surface area (Å²) in [5.74, 6) is 0.800. The number of carbonyl (C=O) groups excluding carboxylic acids is 1. The highest BCUT2D eigenvalue weighted by atomic mass is 16.5. The van der Waals surface area contributed by atoms with Crippen molar-refractivity contribution in [1.82, 2.24) is 20.2 Å². The Labute approximate surface area is 172 Å². The van der Waals surface area contributed by atoms with Crippen molar-refractivity contribution >= 4 is 11.9 Å². The molecule has 2 aromatic rings. The zero-order chi connectivity index (χ0) is 19.9. The average Bonchev–Trinajstić information content (AvgIpc) is 2.79. The Morgan fingerprint density at radius 3 is 2.72 bits per heavy atom. The van der Waals surface area contributed by atoms with Gasteiger partial charge in [-0.3, -0.25) is 9.69 Å². The molecule has 1 N–H and O–H groups in total. The quantitative estimate of drug-likeness (QED) is 0.805. The van der Waals surface area contributed by atoms with Gasteiger partial charge in [0.25, 0.3) is 0 Å². The Balaban J connectivity index is 1.29. The van der Waals surface area contributed by atoms with Gasteiger partial charge < -0.3 is 15.0 Å². The first kappa shape index (κ1) is 19.8. The summed E-state index contributed by atoms with van der Waals surface area (Å²) in [5, 5.41) is 3.13. The van der Waals surface area contributed by atoms with Crippen molar-refractivity contribution in [2.24, 2.45) is 5.92 Å². The summed E-state index contributed by atoms with van der Waals surface area (Å²) in [7, 11) is 0. The lowest BCUT2D eigenvalue weighted by Crippen LogP contribution is -2.43. The summed E-state index contributed by atoms with van der Waals surface area (Å²) >= 11 is 0. The number of rotatable bonds is 6. The van der Waals surface area contributed by atoms with E-state index < -0.39 is 0 Å². The average molecular weight is 396 g/mol. The highest BCUT2D eigenvalue weighted by Crippen LogP contribution is 2.20. The molecule has 154 valence electrons. The van der Waals surface area contributed by atoms with Gasteiger partial charge in [-0.15, -0.1) is 0 Å². The lowest BCUT2D eigenvalue weighted by molar-refractivity contribution is -0.125. The largest absolute Gasteiger partial charge is 0.379 e. The molecule has 2 saturated heterocycles. The Morgan fingerprint density at radius 2 is 1.90 bits per heavy atom. The summed E-state index contributed by atoms with van der Waals surface area (Å²) in [5.41, 5.74) is 2.42. The molecule has 3 heterocycles. The fourth-order valence-electron chi connectivity index (χ4n) is 4.02. The standard InChI is InChI=1S/C22H29N5O2/c28-21(20-6-2-9-27(17-20)22-23-7-3-8-24-22)25-15-18-4-1-5-19(14-18)16-26-10-12-29-13-11-26/h1,3-5,7-8,14,20H,2,6,9-13,15-17H2,(H,25,28). The number of aromatic nitrogens is 2. The van der Waals surface area contributed by atoms with E-state index in [1.165, 1.54) is 5.56 Å². The molecular formula is C22H29N5O2. The van der Waals surface area contributed by atoms with E-state index in [0.717, 1.165) is 57.8 Å². The van der Waals surface area contributed by atoms with Crippen molar-refractivity contribution in [2.75, 3.05) is 44.3 Å². The molecule has 2 aliphatic heterocycles. The van der Waals surface area contributed by atoms with Crippen molar-refractivity contribution in [1.29, 1.82) is 0 Å². The number of ether oxygens (including phenoxy) is 1. The van der Waals surface area contributed by atoms with Gasteiger partial charge in [0.1, 0.15) is 0 Å². The molecule has 7 nitrogen and oxygen atoms in total. The molecule has 1 unspecified atom stereocenters. The number of carbonyl (C=O) groups is 1. The van der Waals surface area contributed by atoms with Crippen LogP contribution in [-0.4, -0.2) is 60.2 Å². The van der Waals surface area contributed by atoms with Gasteiger partial charge in [-0.2, -0.15) is 0 Å². The summed E-state index contributed by atoms with van der Waals surface area (Å²) in [6.45, 7) is 6.64. The molecule has 7 heteroatoms. The highest BCUT2D eigenvalue weighted by molar-refractivity contribution is 5.79. The smallest absolute Gasteiger partial charge is 0.225 e. The Morgan fingerprint density at radius 1 is 1.10 bits per heavy atom. The SMILES string of the molecule is O=C(NCc1cccc(CN2CCOCC2)c1)C1CCCN(c2ncccn2)C1. The molecule has 0 bridgehead atoms. The molecule has 4 rings (SSSR count). The number of hydrogen-bond acceptors (Lipinski definition) is 6. The summed E-state index contributed by atoms with van der Waals surface area (Å²) < 4.78 is 5.42. The van der Waals surface area contributed by atoms with Crippen LogP contribution in [-0.2, 0) is 22.6 Å². The van der Waals surface area contributed by atoms with Crippen molar-refractivity contribution in [3.8, 4) is 0 Å². The minimum Gasteiger partial charge on any atom is -0.379 e. The lowest BCUT2D eigenvalue weighted by atomic mass is 9.97. The second kappa shape index (κ2) is 9.80. The summed E-state index contributed by atoms with van der Waals surface area (Å²) in [4.78, 5) is 25.9. The van der Waals surface area contributed by atoms with Crippen molar-refractivity contribution < 1.29 is 9.53 Å². The molecular weight excluding hydrogens is 366 g/mol. The molecule has 1 aromatic heterocycles. The van der Waals surface area contributed by atoms with Crippen LogP contribution < -0.4 is 10.2 Å². The summed E-state index contributed by atoms with van der Waals surface area (Å²) in [6, 6.07) is 10.3. The van der Waals surface area contributed by atoms with E-state index >= 15 is 0 Å². The van der Waals surface area contributed by atoms with E-state index in [1.54, 1.807) is 12.4 Å². The van der Waals surface area contributed by atoms with Crippen molar-refractivity contribution in [2.45, 2.75) is 25.9 Å². The van der Waals surface area contributed by atoms with E-state index in [1.807, 2.05) is 6.07 Å². The van der Waals surface area contributed by atoms with Gasteiger partial charge in [0.2, 0.25) is 11.9 Å². The van der Waals surface area contributed by atoms with Crippen molar-refractivity contribution in [3.63, 3.8) is 0 Å². The Bertz CT molecular complexity index is 795. The summed E-state index contributed by atoms with van der Waals surface area (Å²) in [6.07, 6.45) is 5.38. The fourth-order valence-corrected chi connectivity index (χ4v) is 4.02. The Kier molecular flexibility index (Phi) is 6.69. The maximum atomic E-state index is 12.7. The Hall–Kier alpha value is -2.51. The minimum atomic E-state index is -0.0240. The van der Waals surface area contributed by atoms with E-state index in [0.29, 0.717) is 19.0 Å². The van der Waals surface area contributed by atoms with Crippen LogP contribution in [0.25, 0.3) is 0 Å². The molecule has 29 heavy (non-hydrogen) atoms. The highest BCUT2D eigenvalue weighted by Gasteiger charge is 2.26. The maximum absolute atomic E-state index is 12.7. The lowest BCUT2D eigenvalue weighted by Gasteiger charge is -2.31. The van der Waals surface area contributed by atoms with Gasteiger partial charge in [0.15, 0.2) is 0 Å². The molecule has 0 spiro atoms. The van der Waals surface area contributed by atoms with Crippen LogP contribution in [0, 0.1) is 5.92 Å². The first-order valence-electron chi connectivity index (χ1n) is 10.5. The topological polar surface area (TPSA) is 70.6 Å². The molecule has 0 aliphatic carbocycles. The van der Waals surface area contributed by atoms with Gasteiger partial charge in [0.05, 0.1) is 19.1 Å². The van der Waals surface area contributed by atoms with Gasteiger partial charge in [-0.1, -0.05) is 24.3 Å². The van der Waals surface area contributed by atoms with Gasteiger partial charge >= 0.3 is 0 Å². The number of morpholine rings is 1. The zero-order valence-electron chi connectivity index (χ0n) is 16.8. The molecule has 2 aliphatic rings. The van der Waals surface area contributed by atoms with Crippen LogP contribution in [0.3, 0.4) is 0 Å². The van der Waals surface area contributed by atoms with Gasteiger partial charge in [-0.05, 0) is 30.0 Å². The van der Waals surface area contributed by atoms with E-state index in [-0.39, 0.29) is 11.8 Å². The molecule has 1 amide bonds. The number of amides is 1. The molecule has 1 atom stereocenters. The number of benzene rings is 1. The molecule has 2 fully saturated rings. The molecule has 0 saturated carbocycles. The van der Waals surface area contributed by atoms with E-state index in [9.17, 15) is 4.79 Å².